The van der Waals surface area contributed by atoms with Crippen molar-refractivity contribution in [2.75, 3.05) is 45.3 Å². The van der Waals surface area contributed by atoms with Gasteiger partial charge >= 0.3 is 0 Å². The molecule has 1 aromatic rings. The third-order valence-electron chi connectivity index (χ3n) is 5.79. The van der Waals surface area contributed by atoms with E-state index in [0.29, 0.717) is 39.1 Å². The van der Waals surface area contributed by atoms with Crippen molar-refractivity contribution in [2.24, 2.45) is 0 Å². The zero-order valence-corrected chi connectivity index (χ0v) is 15.7. The van der Waals surface area contributed by atoms with Crippen molar-refractivity contribution in [3.63, 3.8) is 0 Å². The third kappa shape index (κ3) is 4.07. The molecule has 2 saturated heterocycles. The zero-order chi connectivity index (χ0) is 18.7. The van der Waals surface area contributed by atoms with Gasteiger partial charge in [-0.2, -0.15) is 0 Å². The molecule has 0 saturated carbocycles. The molecule has 2 N–H and O–H groups in total. The maximum Gasteiger partial charge on any atom is 0.248 e. The van der Waals surface area contributed by atoms with E-state index in [-0.39, 0.29) is 24.6 Å². The van der Waals surface area contributed by atoms with Gasteiger partial charge in [-0.25, -0.2) is 9.97 Å². The number of carbonyl (C=O) groups is 1. The normalized spacial score (nSPS) is 24.6. The average molecular weight is 376 g/mol. The van der Waals surface area contributed by atoms with Crippen LogP contribution in [0.25, 0.3) is 0 Å². The molecule has 4 rings (SSSR count). The van der Waals surface area contributed by atoms with Crippen molar-refractivity contribution in [1.82, 2.24) is 14.9 Å². The van der Waals surface area contributed by atoms with Gasteiger partial charge in [-0.15, -0.1) is 0 Å². The number of anilines is 1. The van der Waals surface area contributed by atoms with Gasteiger partial charge in [-0.3, -0.25) is 4.79 Å². The number of hydrogen-bond acceptors (Lipinski definition) is 7. The highest BCUT2D eigenvalue weighted by Gasteiger charge is 2.43. The topological polar surface area (TPSA) is 99.8 Å². The fraction of sp³-hybridized carbons (Fsp3) is 0.737. The Labute approximate surface area is 159 Å². The lowest BCUT2D eigenvalue weighted by Gasteiger charge is -2.44. The van der Waals surface area contributed by atoms with E-state index < -0.39 is 5.60 Å². The first-order valence-corrected chi connectivity index (χ1v) is 9.89. The predicted octanol–water partition coefficient (Wildman–Crippen LogP) is 1.03. The standard InChI is InChI=1S/C19H28N4O4/c20-18-21-11-14-4-10-27-19(17(14)22-18)5-7-23(8-6-19)16(24)13-25-12-15-3-1-2-9-26-15/h11,15H,1-10,12-13H2,(H2,20,21,22). The number of nitrogens with zero attached hydrogens (tertiary/aromatic N) is 3. The number of carbonyl (C=O) groups excluding carboxylic acids is 1. The third-order valence-corrected chi connectivity index (χ3v) is 5.79. The minimum absolute atomic E-state index is 0.0268. The highest BCUT2D eigenvalue weighted by Crippen LogP contribution is 2.40. The second kappa shape index (κ2) is 8.08. The van der Waals surface area contributed by atoms with E-state index in [0.717, 1.165) is 37.1 Å². The Morgan fingerprint density at radius 3 is 2.96 bits per heavy atom. The molecule has 0 aromatic carbocycles. The maximum absolute atomic E-state index is 12.5. The van der Waals surface area contributed by atoms with Crippen LogP contribution in [0.4, 0.5) is 5.95 Å². The van der Waals surface area contributed by atoms with Crippen LogP contribution < -0.4 is 5.73 Å². The quantitative estimate of drug-likeness (QED) is 0.838. The monoisotopic (exact) mass is 376 g/mol. The van der Waals surface area contributed by atoms with Crippen LogP contribution in [0.1, 0.15) is 43.4 Å². The van der Waals surface area contributed by atoms with E-state index in [1.807, 2.05) is 4.90 Å². The van der Waals surface area contributed by atoms with E-state index in [4.69, 9.17) is 19.9 Å². The maximum atomic E-state index is 12.5. The summed E-state index contributed by atoms with van der Waals surface area (Å²) in [5.41, 5.74) is 7.35. The number of hydrogen-bond donors (Lipinski definition) is 1. The molecule has 148 valence electrons. The summed E-state index contributed by atoms with van der Waals surface area (Å²) in [7, 11) is 0. The number of ether oxygens (including phenoxy) is 3. The number of fused-ring (bicyclic) bond motifs is 2. The van der Waals surface area contributed by atoms with Gasteiger partial charge in [-0.05, 0) is 44.1 Å². The summed E-state index contributed by atoms with van der Waals surface area (Å²) in [5, 5.41) is 0. The van der Waals surface area contributed by atoms with E-state index in [1.165, 1.54) is 6.42 Å². The Morgan fingerprint density at radius 1 is 1.33 bits per heavy atom. The van der Waals surface area contributed by atoms with Crippen molar-refractivity contribution < 1.29 is 19.0 Å². The van der Waals surface area contributed by atoms with Crippen LogP contribution in [0.15, 0.2) is 6.20 Å². The average Bonchev–Trinajstić information content (AvgIpc) is 2.70. The molecular formula is C19H28N4O4. The van der Waals surface area contributed by atoms with Gasteiger partial charge in [0.2, 0.25) is 11.9 Å². The van der Waals surface area contributed by atoms with Gasteiger partial charge < -0.3 is 24.8 Å². The molecule has 0 bridgehead atoms. The van der Waals surface area contributed by atoms with Crippen molar-refractivity contribution in [1.29, 1.82) is 0 Å². The number of piperidine rings is 1. The summed E-state index contributed by atoms with van der Waals surface area (Å²) in [5.74, 6) is 0.300. The molecule has 3 aliphatic rings. The van der Waals surface area contributed by atoms with Gasteiger partial charge in [0, 0.05) is 25.9 Å². The van der Waals surface area contributed by atoms with Gasteiger partial charge in [-0.1, -0.05) is 0 Å². The summed E-state index contributed by atoms with van der Waals surface area (Å²) < 4.78 is 17.4. The van der Waals surface area contributed by atoms with Crippen LogP contribution in [-0.2, 0) is 31.0 Å². The molecule has 1 aromatic heterocycles. The number of nitrogens with two attached hydrogens (primary N) is 1. The number of likely N-dealkylation sites (tertiary alicyclic amines) is 1. The first kappa shape index (κ1) is 18.6. The van der Waals surface area contributed by atoms with Gasteiger partial charge in [0.1, 0.15) is 12.2 Å². The van der Waals surface area contributed by atoms with Crippen LogP contribution >= 0.6 is 0 Å². The molecule has 8 nitrogen and oxygen atoms in total. The van der Waals surface area contributed by atoms with Crippen molar-refractivity contribution >= 4 is 11.9 Å². The second-order valence-electron chi connectivity index (χ2n) is 7.58. The summed E-state index contributed by atoms with van der Waals surface area (Å²) in [6, 6.07) is 0. The Kier molecular flexibility index (Phi) is 5.56. The molecule has 1 unspecified atom stereocenters. The minimum Gasteiger partial charge on any atom is -0.376 e. The zero-order valence-electron chi connectivity index (χ0n) is 15.7. The van der Waals surface area contributed by atoms with Gasteiger partial charge in [0.05, 0.1) is 25.0 Å². The molecule has 1 atom stereocenters. The SMILES string of the molecule is Nc1ncc2c(n1)C1(CCN(C(=O)COCC3CCCCO3)CC1)OCC2. The Morgan fingerprint density at radius 2 is 2.19 bits per heavy atom. The van der Waals surface area contributed by atoms with E-state index in [1.54, 1.807) is 6.20 Å². The lowest BCUT2D eigenvalue weighted by Crippen LogP contribution is -2.49. The molecule has 0 radical (unpaired) electrons. The summed E-state index contributed by atoms with van der Waals surface area (Å²) in [6.45, 7) is 3.32. The van der Waals surface area contributed by atoms with Crippen molar-refractivity contribution in [3.8, 4) is 0 Å². The Balaban J connectivity index is 1.30. The molecule has 2 fully saturated rings. The highest BCUT2D eigenvalue weighted by atomic mass is 16.5. The lowest BCUT2D eigenvalue weighted by molar-refractivity contribution is -0.147. The first-order chi connectivity index (χ1) is 13.2. The highest BCUT2D eigenvalue weighted by molar-refractivity contribution is 5.77. The van der Waals surface area contributed by atoms with Gasteiger partial charge in [0.25, 0.3) is 0 Å². The molecule has 27 heavy (non-hydrogen) atoms. The summed E-state index contributed by atoms with van der Waals surface area (Å²) in [6.07, 6.45) is 7.48. The van der Waals surface area contributed by atoms with Crippen LogP contribution in [0.2, 0.25) is 0 Å². The van der Waals surface area contributed by atoms with Crippen LogP contribution in [0.5, 0.6) is 0 Å². The first-order valence-electron chi connectivity index (χ1n) is 9.89. The van der Waals surface area contributed by atoms with Crippen molar-refractivity contribution in [3.05, 3.63) is 17.5 Å². The van der Waals surface area contributed by atoms with E-state index in [2.05, 4.69) is 9.97 Å². The molecule has 1 amide bonds. The smallest absolute Gasteiger partial charge is 0.248 e. The number of rotatable bonds is 4. The predicted molar refractivity (Wildman–Crippen MR) is 98.0 cm³/mol. The molecule has 0 aliphatic carbocycles. The van der Waals surface area contributed by atoms with Crippen LogP contribution in [0, 0.1) is 0 Å². The fourth-order valence-electron chi connectivity index (χ4n) is 4.23. The molecule has 3 aliphatic heterocycles. The summed E-state index contributed by atoms with van der Waals surface area (Å²) >= 11 is 0. The Hall–Kier alpha value is -1.77. The fourth-order valence-corrected chi connectivity index (χ4v) is 4.23. The number of nitrogen functional groups attached to an aromatic ring is 1. The van der Waals surface area contributed by atoms with Gasteiger partial charge in [0.15, 0.2) is 0 Å². The van der Waals surface area contributed by atoms with Crippen molar-refractivity contribution in [2.45, 2.75) is 50.2 Å². The second-order valence-corrected chi connectivity index (χ2v) is 7.58. The molecular weight excluding hydrogens is 348 g/mol. The number of amides is 1. The summed E-state index contributed by atoms with van der Waals surface area (Å²) in [4.78, 5) is 22.9. The Bertz CT molecular complexity index is 670. The minimum atomic E-state index is -0.446. The van der Waals surface area contributed by atoms with Crippen LogP contribution in [0.3, 0.4) is 0 Å². The molecule has 1 spiro atoms. The molecule has 4 heterocycles. The largest absolute Gasteiger partial charge is 0.376 e. The lowest BCUT2D eigenvalue weighted by atomic mass is 9.83. The van der Waals surface area contributed by atoms with E-state index >= 15 is 0 Å². The van der Waals surface area contributed by atoms with Crippen LogP contribution in [-0.4, -0.2) is 66.4 Å². The van der Waals surface area contributed by atoms with E-state index in [9.17, 15) is 4.79 Å². The number of aromatic nitrogens is 2. The molecule has 8 heteroatoms.